The van der Waals surface area contributed by atoms with Crippen LogP contribution in [0.3, 0.4) is 0 Å². The van der Waals surface area contributed by atoms with Gasteiger partial charge in [0.05, 0.1) is 10.6 Å². The molecule has 1 amide bonds. The van der Waals surface area contributed by atoms with Crippen LogP contribution in [0.2, 0.25) is 0 Å². The molecule has 5 nitrogen and oxygen atoms in total. The minimum Gasteiger partial charge on any atom is -0.444 e. The zero-order valence-electron chi connectivity index (χ0n) is 13.9. The molecule has 0 heterocycles. The van der Waals surface area contributed by atoms with Crippen molar-refractivity contribution in [2.24, 2.45) is 5.92 Å². The molecule has 0 unspecified atom stereocenters. The Kier molecular flexibility index (Phi) is 5.34. The fraction of sp³-hybridized carbons (Fsp3) is 0.588. The van der Waals surface area contributed by atoms with Crippen molar-refractivity contribution in [3.8, 4) is 0 Å². The molecule has 1 N–H and O–H groups in total. The van der Waals surface area contributed by atoms with Gasteiger partial charge in [0, 0.05) is 6.04 Å². The quantitative estimate of drug-likeness (QED) is 0.914. The summed E-state index contributed by atoms with van der Waals surface area (Å²) in [4.78, 5) is 12.1. The molecule has 0 radical (unpaired) electrons. The van der Waals surface area contributed by atoms with Crippen molar-refractivity contribution in [1.29, 1.82) is 0 Å². The Balaban J connectivity index is 1.87. The van der Waals surface area contributed by atoms with Crippen molar-refractivity contribution in [3.63, 3.8) is 0 Å². The third-order valence-corrected chi connectivity index (χ3v) is 5.72. The van der Waals surface area contributed by atoms with E-state index in [9.17, 15) is 13.2 Å². The van der Waals surface area contributed by atoms with E-state index in [1.807, 2.05) is 20.8 Å². The number of amides is 1. The second kappa shape index (κ2) is 6.91. The van der Waals surface area contributed by atoms with Crippen LogP contribution >= 0.6 is 0 Å². The molecule has 128 valence electrons. The number of sulfone groups is 1. The van der Waals surface area contributed by atoms with Gasteiger partial charge in [-0.05, 0) is 58.1 Å². The molecule has 0 bridgehead atoms. The van der Waals surface area contributed by atoms with Gasteiger partial charge in [-0.3, -0.25) is 0 Å². The lowest BCUT2D eigenvalue weighted by atomic mass is 10.1. The smallest absolute Gasteiger partial charge is 0.407 e. The van der Waals surface area contributed by atoms with Gasteiger partial charge in [-0.15, -0.1) is 0 Å². The fourth-order valence-corrected chi connectivity index (χ4v) is 4.55. The highest BCUT2D eigenvalue weighted by Gasteiger charge is 2.31. The molecule has 0 aromatic heterocycles. The standard InChI is InChI=1S/C17H25NO4S/c1-17(2,3)22-16(19)18-14-10-9-13(11-14)12-23(20,21)15-7-5-4-6-8-15/h4-8,13-14H,9-12H2,1-3H3,(H,18,19)/t13-,14+/m0/s1. The van der Waals surface area contributed by atoms with Crippen LogP contribution in [0.25, 0.3) is 0 Å². The average molecular weight is 339 g/mol. The van der Waals surface area contributed by atoms with Gasteiger partial charge >= 0.3 is 6.09 Å². The molecule has 1 aromatic carbocycles. The molecule has 1 aliphatic carbocycles. The first-order chi connectivity index (χ1) is 10.7. The van der Waals surface area contributed by atoms with Gasteiger partial charge in [-0.2, -0.15) is 0 Å². The first-order valence-electron chi connectivity index (χ1n) is 7.93. The molecule has 0 spiro atoms. The molecule has 2 rings (SSSR count). The molecular weight excluding hydrogens is 314 g/mol. The summed E-state index contributed by atoms with van der Waals surface area (Å²) in [5.74, 6) is 0.198. The molecule has 0 saturated heterocycles. The van der Waals surface area contributed by atoms with E-state index < -0.39 is 21.5 Å². The molecule has 23 heavy (non-hydrogen) atoms. The van der Waals surface area contributed by atoms with Crippen molar-refractivity contribution < 1.29 is 17.9 Å². The fourth-order valence-electron chi connectivity index (χ4n) is 2.87. The lowest BCUT2D eigenvalue weighted by Gasteiger charge is -2.21. The first-order valence-corrected chi connectivity index (χ1v) is 9.58. The summed E-state index contributed by atoms with van der Waals surface area (Å²) in [6.45, 7) is 5.45. The zero-order chi connectivity index (χ0) is 17.1. The predicted molar refractivity (Wildman–Crippen MR) is 89.0 cm³/mol. The molecule has 1 saturated carbocycles. The van der Waals surface area contributed by atoms with Crippen LogP contribution in [-0.4, -0.2) is 31.9 Å². The minimum absolute atomic E-state index is 0.0131. The second-order valence-corrected chi connectivity index (χ2v) is 9.15. The first kappa shape index (κ1) is 17.8. The molecule has 1 fully saturated rings. The lowest BCUT2D eigenvalue weighted by molar-refractivity contribution is 0.0505. The zero-order valence-corrected chi connectivity index (χ0v) is 14.7. The summed E-state index contributed by atoms with van der Waals surface area (Å²) in [6.07, 6.45) is 1.82. The third kappa shape index (κ3) is 5.53. The van der Waals surface area contributed by atoms with Gasteiger partial charge in [-0.1, -0.05) is 18.2 Å². The van der Waals surface area contributed by atoms with Crippen LogP contribution in [0.5, 0.6) is 0 Å². The van der Waals surface area contributed by atoms with Crippen LogP contribution in [0, 0.1) is 5.92 Å². The summed E-state index contributed by atoms with van der Waals surface area (Å²) in [6, 6.07) is 8.50. The molecule has 6 heteroatoms. The van der Waals surface area contributed by atoms with Gasteiger partial charge < -0.3 is 10.1 Å². The Labute approximate surface area is 138 Å². The Morgan fingerprint density at radius 3 is 2.48 bits per heavy atom. The Morgan fingerprint density at radius 1 is 1.22 bits per heavy atom. The second-order valence-electron chi connectivity index (χ2n) is 7.12. The average Bonchev–Trinajstić information content (AvgIpc) is 2.83. The largest absolute Gasteiger partial charge is 0.444 e. The Bertz CT molecular complexity index is 634. The third-order valence-electron chi connectivity index (χ3n) is 3.82. The highest BCUT2D eigenvalue weighted by atomic mass is 32.2. The van der Waals surface area contributed by atoms with Crippen molar-refractivity contribution in [3.05, 3.63) is 30.3 Å². The number of alkyl carbamates (subject to hydrolysis) is 1. The molecule has 0 aliphatic heterocycles. The summed E-state index contributed by atoms with van der Waals surface area (Å²) in [5.41, 5.74) is -0.529. The number of nitrogens with one attached hydrogen (secondary N) is 1. The lowest BCUT2D eigenvalue weighted by Crippen LogP contribution is -2.38. The van der Waals surface area contributed by atoms with E-state index in [4.69, 9.17) is 4.74 Å². The topological polar surface area (TPSA) is 72.5 Å². The van der Waals surface area contributed by atoms with E-state index in [-0.39, 0.29) is 17.7 Å². The predicted octanol–water partition coefficient (Wildman–Crippen LogP) is 3.15. The van der Waals surface area contributed by atoms with E-state index in [1.165, 1.54) is 0 Å². The highest BCUT2D eigenvalue weighted by molar-refractivity contribution is 7.91. The maximum absolute atomic E-state index is 12.4. The van der Waals surface area contributed by atoms with Gasteiger partial charge in [0.1, 0.15) is 5.60 Å². The van der Waals surface area contributed by atoms with Crippen molar-refractivity contribution in [1.82, 2.24) is 5.32 Å². The van der Waals surface area contributed by atoms with Crippen LogP contribution < -0.4 is 5.32 Å². The van der Waals surface area contributed by atoms with E-state index >= 15 is 0 Å². The Hall–Kier alpha value is -1.56. The Morgan fingerprint density at radius 2 is 1.87 bits per heavy atom. The normalized spacial score (nSPS) is 21.9. The number of hydrogen-bond donors (Lipinski definition) is 1. The molecule has 1 aliphatic rings. The van der Waals surface area contributed by atoms with E-state index in [0.29, 0.717) is 11.3 Å². The van der Waals surface area contributed by atoms with E-state index in [1.54, 1.807) is 30.3 Å². The summed E-state index contributed by atoms with van der Waals surface area (Å²) >= 11 is 0. The maximum atomic E-state index is 12.4. The van der Waals surface area contributed by atoms with Crippen molar-refractivity contribution in [2.45, 2.75) is 56.6 Å². The number of hydrogen-bond acceptors (Lipinski definition) is 4. The van der Waals surface area contributed by atoms with Crippen LogP contribution in [0.15, 0.2) is 35.2 Å². The highest BCUT2D eigenvalue weighted by Crippen LogP contribution is 2.29. The van der Waals surface area contributed by atoms with E-state index in [2.05, 4.69) is 5.32 Å². The van der Waals surface area contributed by atoms with Crippen molar-refractivity contribution in [2.75, 3.05) is 5.75 Å². The monoisotopic (exact) mass is 339 g/mol. The molecule has 1 aromatic rings. The number of carbonyl (C=O) groups is 1. The van der Waals surface area contributed by atoms with Gasteiger partial charge in [-0.25, -0.2) is 13.2 Å². The minimum atomic E-state index is -3.27. The number of benzene rings is 1. The summed E-state index contributed by atoms with van der Waals surface area (Å²) in [5, 5.41) is 2.83. The number of rotatable bonds is 4. The van der Waals surface area contributed by atoms with Gasteiger partial charge in [0.25, 0.3) is 0 Å². The number of carbonyl (C=O) groups excluding carboxylic acids is 1. The van der Waals surface area contributed by atoms with E-state index in [0.717, 1.165) is 12.8 Å². The molecule has 2 atom stereocenters. The van der Waals surface area contributed by atoms with Crippen molar-refractivity contribution >= 4 is 15.9 Å². The maximum Gasteiger partial charge on any atom is 0.407 e. The summed E-state index contributed by atoms with van der Waals surface area (Å²) < 4.78 is 30.0. The van der Waals surface area contributed by atoms with Crippen LogP contribution in [0.1, 0.15) is 40.0 Å². The summed E-state index contributed by atoms with van der Waals surface area (Å²) in [7, 11) is -3.27. The number of ether oxygens (including phenoxy) is 1. The van der Waals surface area contributed by atoms with Gasteiger partial charge in [0.2, 0.25) is 0 Å². The molecular formula is C17H25NO4S. The SMILES string of the molecule is CC(C)(C)OC(=O)N[C@@H]1CC[C@H](CS(=O)(=O)c2ccccc2)C1. The van der Waals surface area contributed by atoms with Crippen LogP contribution in [-0.2, 0) is 14.6 Å². The van der Waals surface area contributed by atoms with Gasteiger partial charge in [0.15, 0.2) is 9.84 Å². The van der Waals surface area contributed by atoms with Crippen LogP contribution in [0.4, 0.5) is 4.79 Å².